The van der Waals surface area contributed by atoms with E-state index in [1.54, 1.807) is 0 Å². The fourth-order valence-corrected chi connectivity index (χ4v) is 3.87. The molecule has 5 nitrogen and oxygen atoms in total. The van der Waals surface area contributed by atoms with Crippen LogP contribution in [0.15, 0.2) is 0 Å². The molecule has 0 aromatic heterocycles. The number of hydrogen-bond donors (Lipinski definition) is 1. The Bertz CT molecular complexity index is 353. The van der Waals surface area contributed by atoms with Gasteiger partial charge in [-0.3, -0.25) is 4.90 Å². The molecule has 120 valence electrons. The molecule has 0 radical (unpaired) electrons. The predicted octanol–water partition coefficient (Wildman–Crippen LogP) is 1.68. The molecule has 3 aliphatic rings. The number of nitrogens with zero attached hydrogens (tertiary/aromatic N) is 2. The second-order valence-electron chi connectivity index (χ2n) is 6.86. The molecule has 0 spiro atoms. The number of amides is 2. The number of morpholine rings is 1. The molecule has 0 unspecified atom stereocenters. The maximum Gasteiger partial charge on any atom is 0.317 e. The van der Waals surface area contributed by atoms with Crippen molar-refractivity contribution in [2.75, 3.05) is 39.4 Å². The van der Waals surface area contributed by atoms with Crippen molar-refractivity contribution in [3.63, 3.8) is 0 Å². The second-order valence-corrected chi connectivity index (χ2v) is 6.86. The fourth-order valence-electron chi connectivity index (χ4n) is 3.87. The Kier molecular flexibility index (Phi) is 5.01. The van der Waals surface area contributed by atoms with Gasteiger partial charge in [0.25, 0.3) is 0 Å². The normalized spacial score (nSPS) is 29.2. The van der Waals surface area contributed by atoms with Gasteiger partial charge in [-0.2, -0.15) is 0 Å². The van der Waals surface area contributed by atoms with Crippen molar-refractivity contribution in [3.8, 4) is 0 Å². The number of likely N-dealkylation sites (tertiary alicyclic amines) is 1. The molecule has 5 heteroatoms. The van der Waals surface area contributed by atoms with Crippen LogP contribution in [0.5, 0.6) is 0 Å². The first kappa shape index (κ1) is 15.1. The summed E-state index contributed by atoms with van der Waals surface area (Å²) in [6.45, 7) is 7.58. The van der Waals surface area contributed by atoms with Crippen LogP contribution in [0.1, 0.15) is 39.0 Å². The molecule has 1 aliphatic carbocycles. The minimum absolute atomic E-state index is 0.158. The van der Waals surface area contributed by atoms with Gasteiger partial charge in [0.05, 0.1) is 13.2 Å². The number of carbonyl (C=O) groups is 1. The van der Waals surface area contributed by atoms with Crippen molar-refractivity contribution in [1.82, 2.24) is 15.1 Å². The van der Waals surface area contributed by atoms with Gasteiger partial charge in [0.1, 0.15) is 0 Å². The predicted molar refractivity (Wildman–Crippen MR) is 82.3 cm³/mol. The van der Waals surface area contributed by atoms with Crippen molar-refractivity contribution in [2.45, 2.75) is 51.1 Å². The summed E-state index contributed by atoms with van der Waals surface area (Å²) in [5.41, 5.74) is 0. The van der Waals surface area contributed by atoms with E-state index in [1.165, 1.54) is 32.1 Å². The van der Waals surface area contributed by atoms with Crippen LogP contribution in [0.25, 0.3) is 0 Å². The van der Waals surface area contributed by atoms with Gasteiger partial charge in [-0.15, -0.1) is 0 Å². The van der Waals surface area contributed by atoms with Crippen LogP contribution in [-0.4, -0.2) is 67.3 Å². The van der Waals surface area contributed by atoms with Gasteiger partial charge < -0.3 is 15.0 Å². The third-order valence-corrected chi connectivity index (χ3v) is 5.26. The zero-order valence-electron chi connectivity index (χ0n) is 13.2. The number of ether oxygens (including phenoxy) is 1. The number of hydrogen-bond acceptors (Lipinski definition) is 3. The average Bonchev–Trinajstić information content (AvgIpc) is 2.86. The molecule has 0 aromatic rings. The van der Waals surface area contributed by atoms with Crippen LogP contribution in [-0.2, 0) is 4.74 Å². The molecule has 2 saturated heterocycles. The Morgan fingerprint density at radius 3 is 2.62 bits per heavy atom. The summed E-state index contributed by atoms with van der Waals surface area (Å²) in [6.07, 6.45) is 6.36. The highest BCUT2D eigenvalue weighted by Gasteiger charge is 2.37. The Morgan fingerprint density at radius 2 is 1.95 bits per heavy atom. The molecule has 2 amide bonds. The Balaban J connectivity index is 1.45. The average molecular weight is 295 g/mol. The van der Waals surface area contributed by atoms with Crippen LogP contribution < -0.4 is 5.32 Å². The topological polar surface area (TPSA) is 44.8 Å². The van der Waals surface area contributed by atoms with Crippen molar-refractivity contribution in [1.29, 1.82) is 0 Å². The fraction of sp³-hybridized carbons (Fsp3) is 0.938. The van der Waals surface area contributed by atoms with E-state index in [4.69, 9.17) is 4.74 Å². The lowest BCUT2D eigenvalue weighted by Crippen LogP contribution is -2.52. The molecular formula is C16H29N3O2. The van der Waals surface area contributed by atoms with E-state index in [0.29, 0.717) is 6.04 Å². The number of urea groups is 1. The molecular weight excluding hydrogens is 266 g/mol. The van der Waals surface area contributed by atoms with Crippen molar-refractivity contribution >= 4 is 6.03 Å². The summed E-state index contributed by atoms with van der Waals surface area (Å²) < 4.78 is 5.37. The summed E-state index contributed by atoms with van der Waals surface area (Å²) >= 11 is 0. The highest BCUT2D eigenvalue weighted by Crippen LogP contribution is 2.37. The van der Waals surface area contributed by atoms with Gasteiger partial charge in [-0.1, -0.05) is 6.42 Å². The number of nitrogens with one attached hydrogen (secondary N) is 1. The van der Waals surface area contributed by atoms with Crippen molar-refractivity contribution in [2.24, 2.45) is 5.92 Å². The molecule has 2 aliphatic heterocycles. The lowest BCUT2D eigenvalue weighted by Gasteiger charge is -2.37. The standard InChI is InChI=1S/C16H29N3O2/c1-13(12-18-8-10-21-11-9-18)17-16(20)19-7-3-6-15(19)14-4-2-5-14/h13-15H,2-12H2,1H3,(H,17,20)/t13-,15+/m1/s1. The van der Waals surface area contributed by atoms with Crippen LogP contribution >= 0.6 is 0 Å². The largest absolute Gasteiger partial charge is 0.379 e. The molecule has 2 heterocycles. The van der Waals surface area contributed by atoms with E-state index < -0.39 is 0 Å². The maximum atomic E-state index is 12.5. The highest BCUT2D eigenvalue weighted by atomic mass is 16.5. The minimum Gasteiger partial charge on any atom is -0.379 e. The third-order valence-electron chi connectivity index (χ3n) is 5.26. The van der Waals surface area contributed by atoms with Gasteiger partial charge in [-0.25, -0.2) is 4.79 Å². The second kappa shape index (κ2) is 6.97. The molecule has 1 N–H and O–H groups in total. The van der Waals surface area contributed by atoms with Gasteiger partial charge in [0, 0.05) is 38.3 Å². The lowest BCUT2D eigenvalue weighted by atomic mass is 9.79. The summed E-state index contributed by atoms with van der Waals surface area (Å²) in [6, 6.07) is 0.873. The van der Waals surface area contributed by atoms with E-state index in [9.17, 15) is 4.79 Å². The maximum absolute atomic E-state index is 12.5. The van der Waals surface area contributed by atoms with Gasteiger partial charge in [0.2, 0.25) is 0 Å². The van der Waals surface area contributed by atoms with Crippen molar-refractivity contribution in [3.05, 3.63) is 0 Å². The first-order chi connectivity index (χ1) is 10.2. The quantitative estimate of drug-likeness (QED) is 0.858. The summed E-state index contributed by atoms with van der Waals surface area (Å²) in [5.74, 6) is 0.771. The summed E-state index contributed by atoms with van der Waals surface area (Å²) in [4.78, 5) is 17.0. The van der Waals surface area contributed by atoms with Crippen molar-refractivity contribution < 1.29 is 9.53 Å². The monoisotopic (exact) mass is 295 g/mol. The minimum atomic E-state index is 0.158. The van der Waals surface area contributed by atoms with E-state index >= 15 is 0 Å². The number of rotatable bonds is 4. The molecule has 0 bridgehead atoms. The first-order valence-electron chi connectivity index (χ1n) is 8.61. The zero-order chi connectivity index (χ0) is 14.7. The zero-order valence-corrected chi connectivity index (χ0v) is 13.2. The van der Waals surface area contributed by atoms with Crippen LogP contribution in [0.3, 0.4) is 0 Å². The van der Waals surface area contributed by atoms with Gasteiger partial charge >= 0.3 is 6.03 Å². The smallest absolute Gasteiger partial charge is 0.317 e. The van der Waals surface area contributed by atoms with Crippen LogP contribution in [0, 0.1) is 5.92 Å². The Hall–Kier alpha value is -0.810. The molecule has 3 rings (SSSR count). The molecule has 0 aromatic carbocycles. The van der Waals surface area contributed by atoms with Gasteiger partial charge in [0.15, 0.2) is 0 Å². The highest BCUT2D eigenvalue weighted by molar-refractivity contribution is 5.75. The van der Waals surface area contributed by atoms with Gasteiger partial charge in [-0.05, 0) is 38.5 Å². The molecule has 1 saturated carbocycles. The summed E-state index contributed by atoms with van der Waals surface area (Å²) in [5, 5.41) is 3.21. The SMILES string of the molecule is C[C@H](CN1CCOCC1)NC(=O)N1CCC[C@H]1C1CCC1. The van der Waals surface area contributed by atoms with Crippen LogP contribution in [0.2, 0.25) is 0 Å². The Morgan fingerprint density at radius 1 is 1.19 bits per heavy atom. The number of carbonyl (C=O) groups excluding carboxylic acids is 1. The molecule has 21 heavy (non-hydrogen) atoms. The van der Waals surface area contributed by atoms with E-state index in [1.807, 2.05) is 0 Å². The summed E-state index contributed by atoms with van der Waals surface area (Å²) in [7, 11) is 0. The lowest BCUT2D eigenvalue weighted by molar-refractivity contribution is 0.0344. The molecule has 2 atom stereocenters. The molecule has 3 fully saturated rings. The Labute approximate surface area is 128 Å². The third kappa shape index (κ3) is 3.69. The first-order valence-corrected chi connectivity index (χ1v) is 8.61. The van der Waals surface area contributed by atoms with Crippen LogP contribution in [0.4, 0.5) is 4.79 Å². The van der Waals surface area contributed by atoms with E-state index in [2.05, 4.69) is 22.0 Å². The van der Waals surface area contributed by atoms with E-state index in [0.717, 1.165) is 45.3 Å². The van der Waals surface area contributed by atoms with E-state index in [-0.39, 0.29) is 12.1 Å².